The lowest BCUT2D eigenvalue weighted by molar-refractivity contribution is 0.0331. The molecule has 0 saturated carbocycles. The molecule has 2 aromatic carbocycles. The summed E-state index contributed by atoms with van der Waals surface area (Å²) in [5, 5.41) is 13.8. The summed E-state index contributed by atoms with van der Waals surface area (Å²) in [6.45, 7) is 10.4. The fourth-order valence-electron chi connectivity index (χ4n) is 4.36. The van der Waals surface area contributed by atoms with E-state index in [1.807, 2.05) is 55.6 Å². The number of hydrogen-bond donors (Lipinski definition) is 3. The maximum Gasteiger partial charge on any atom is 0.251 e. The van der Waals surface area contributed by atoms with Gasteiger partial charge in [-0.05, 0) is 63.1 Å². The summed E-state index contributed by atoms with van der Waals surface area (Å²) in [5.41, 5.74) is 5.17. The number of anilines is 1. The zero-order valence-electron chi connectivity index (χ0n) is 21.7. The molecule has 36 heavy (non-hydrogen) atoms. The summed E-state index contributed by atoms with van der Waals surface area (Å²) in [5.74, 6) is 1.32. The van der Waals surface area contributed by atoms with Crippen LogP contribution in [0.25, 0.3) is 11.3 Å². The van der Waals surface area contributed by atoms with Crippen molar-refractivity contribution in [3.63, 3.8) is 0 Å². The van der Waals surface area contributed by atoms with Crippen LogP contribution >= 0.6 is 0 Å². The number of rotatable bonds is 8. The molecule has 1 fully saturated rings. The monoisotopic (exact) mass is 485 g/mol. The number of benzene rings is 2. The zero-order valence-corrected chi connectivity index (χ0v) is 21.7. The third-order valence-corrected chi connectivity index (χ3v) is 6.61. The van der Waals surface area contributed by atoms with Gasteiger partial charge >= 0.3 is 0 Å². The minimum atomic E-state index is -0.0179. The molecular weight excluding hydrogens is 450 g/mol. The Morgan fingerprint density at radius 1 is 1.14 bits per heavy atom. The molecular formula is C29H35N5O2. The van der Waals surface area contributed by atoms with Gasteiger partial charge in [-0.3, -0.25) is 14.7 Å². The fraction of sp³-hybridized carbons (Fsp3) is 0.345. The van der Waals surface area contributed by atoms with Crippen molar-refractivity contribution in [2.75, 3.05) is 25.5 Å². The van der Waals surface area contributed by atoms with Crippen LogP contribution < -0.4 is 15.4 Å². The number of nitrogens with zero attached hydrogens (tertiary/aromatic N) is 2. The molecule has 1 aliphatic rings. The van der Waals surface area contributed by atoms with E-state index in [0.29, 0.717) is 17.1 Å². The van der Waals surface area contributed by atoms with Crippen LogP contribution in [0.4, 0.5) is 5.69 Å². The molecule has 3 aromatic rings. The van der Waals surface area contributed by atoms with Crippen LogP contribution in [0.1, 0.15) is 49.2 Å². The van der Waals surface area contributed by atoms with Gasteiger partial charge in [0.1, 0.15) is 11.5 Å². The molecule has 0 atom stereocenters. The number of nitrogens with one attached hydrogen (secondary N) is 3. The maximum atomic E-state index is 13.0. The lowest BCUT2D eigenvalue weighted by Gasteiger charge is -2.47. The Hall–Kier alpha value is -3.71. The number of pyridine rings is 1. The molecule has 7 nitrogen and oxygen atoms in total. The van der Waals surface area contributed by atoms with Gasteiger partial charge in [0, 0.05) is 72.6 Å². The third-order valence-electron chi connectivity index (χ3n) is 6.61. The molecule has 0 bridgehead atoms. The molecule has 188 valence electrons. The molecule has 7 heteroatoms. The van der Waals surface area contributed by atoms with Gasteiger partial charge in [0.05, 0.1) is 11.7 Å². The van der Waals surface area contributed by atoms with E-state index in [1.165, 1.54) is 6.21 Å². The van der Waals surface area contributed by atoms with Crippen molar-refractivity contribution in [1.29, 1.82) is 5.41 Å². The molecule has 4 rings (SSSR count). The first-order valence-electron chi connectivity index (χ1n) is 12.4. The summed E-state index contributed by atoms with van der Waals surface area (Å²) in [7, 11) is 1.82. The second kappa shape index (κ2) is 10.5. The largest absolute Gasteiger partial charge is 0.457 e. The van der Waals surface area contributed by atoms with Gasteiger partial charge < -0.3 is 20.8 Å². The number of amides is 1. The predicted octanol–water partition coefficient (Wildman–Crippen LogP) is 5.36. The van der Waals surface area contributed by atoms with Crippen LogP contribution in [0.5, 0.6) is 11.5 Å². The van der Waals surface area contributed by atoms with Gasteiger partial charge in [-0.25, -0.2) is 0 Å². The smallest absolute Gasteiger partial charge is 0.251 e. The van der Waals surface area contributed by atoms with Gasteiger partial charge in [0.25, 0.3) is 5.91 Å². The van der Waals surface area contributed by atoms with Gasteiger partial charge in [0.15, 0.2) is 0 Å². The summed E-state index contributed by atoms with van der Waals surface area (Å²) < 4.78 is 6.07. The van der Waals surface area contributed by atoms with Crippen molar-refractivity contribution in [2.24, 2.45) is 0 Å². The van der Waals surface area contributed by atoms with Gasteiger partial charge in [0.2, 0.25) is 0 Å². The van der Waals surface area contributed by atoms with Crippen LogP contribution in [0, 0.1) is 5.41 Å². The van der Waals surface area contributed by atoms with Gasteiger partial charge in [-0.1, -0.05) is 13.0 Å². The van der Waals surface area contributed by atoms with Gasteiger partial charge in [-0.15, -0.1) is 0 Å². The second-order valence-electron chi connectivity index (χ2n) is 10.1. The number of ether oxygens (including phenoxy) is 1. The first-order valence-corrected chi connectivity index (χ1v) is 12.4. The summed E-state index contributed by atoms with van der Waals surface area (Å²) in [4.78, 5) is 19.9. The van der Waals surface area contributed by atoms with E-state index in [0.717, 1.165) is 47.6 Å². The molecule has 1 aliphatic heterocycles. The normalized spacial score (nSPS) is 14.1. The van der Waals surface area contributed by atoms with E-state index in [-0.39, 0.29) is 17.5 Å². The Labute approximate surface area is 213 Å². The van der Waals surface area contributed by atoms with Crippen LogP contribution in [-0.2, 0) is 6.42 Å². The molecule has 0 spiro atoms. The Morgan fingerprint density at radius 2 is 1.89 bits per heavy atom. The molecule has 1 saturated heterocycles. The first-order chi connectivity index (χ1) is 17.2. The van der Waals surface area contributed by atoms with Crippen LogP contribution in [0.15, 0.2) is 54.7 Å². The number of carbonyl (C=O) groups is 1. The molecule has 1 aromatic heterocycles. The van der Waals surface area contributed by atoms with E-state index in [9.17, 15) is 4.79 Å². The molecule has 2 heterocycles. The summed E-state index contributed by atoms with van der Waals surface area (Å²) in [6, 6.07) is 15.3. The number of aromatic nitrogens is 1. The van der Waals surface area contributed by atoms with E-state index in [2.05, 4.69) is 48.2 Å². The van der Waals surface area contributed by atoms with E-state index in [1.54, 1.807) is 6.20 Å². The van der Waals surface area contributed by atoms with Crippen LogP contribution in [0.3, 0.4) is 0 Å². The Balaban J connectivity index is 1.49. The average Bonchev–Trinajstić information content (AvgIpc) is 2.84. The second-order valence-corrected chi connectivity index (χ2v) is 10.1. The highest BCUT2D eigenvalue weighted by Gasteiger charge is 2.35. The highest BCUT2D eigenvalue weighted by molar-refractivity contribution is 5.96. The van der Waals surface area contributed by atoms with E-state index in [4.69, 9.17) is 10.1 Å². The number of hydrogen-bond acceptors (Lipinski definition) is 6. The molecule has 3 N–H and O–H groups in total. The maximum absolute atomic E-state index is 13.0. The number of aryl methyl sites for hydroxylation is 1. The first kappa shape index (κ1) is 25.4. The fourth-order valence-corrected chi connectivity index (χ4v) is 4.36. The van der Waals surface area contributed by atoms with Crippen molar-refractivity contribution in [2.45, 2.75) is 45.7 Å². The summed E-state index contributed by atoms with van der Waals surface area (Å²) >= 11 is 0. The van der Waals surface area contributed by atoms with Crippen LogP contribution in [0.2, 0.25) is 0 Å². The van der Waals surface area contributed by atoms with E-state index >= 15 is 0 Å². The Bertz CT molecular complexity index is 1260. The Kier molecular flexibility index (Phi) is 7.40. The lowest BCUT2D eigenvalue weighted by Crippen LogP contribution is -2.64. The predicted molar refractivity (Wildman–Crippen MR) is 146 cm³/mol. The van der Waals surface area contributed by atoms with Crippen molar-refractivity contribution >= 4 is 17.8 Å². The zero-order chi connectivity index (χ0) is 25.9. The Morgan fingerprint density at radius 3 is 2.56 bits per heavy atom. The molecule has 0 unspecified atom stereocenters. The van der Waals surface area contributed by atoms with Crippen LogP contribution in [-0.4, -0.2) is 53.7 Å². The number of likely N-dealkylation sites (tertiary alicyclic amines) is 1. The van der Waals surface area contributed by atoms with Crippen molar-refractivity contribution in [1.82, 2.24) is 15.2 Å². The lowest BCUT2D eigenvalue weighted by atomic mass is 9.96. The highest BCUT2D eigenvalue weighted by Crippen LogP contribution is 2.30. The van der Waals surface area contributed by atoms with Crippen molar-refractivity contribution in [3.05, 3.63) is 71.4 Å². The van der Waals surface area contributed by atoms with Crippen molar-refractivity contribution in [3.8, 4) is 22.8 Å². The SMILES string of the molecule is CCc1cc(-c2cc(Oc3ccc(C=N)c(NC)c3)ccn2)ccc1C(=O)NC1CN(C(C)(C)C)C1. The molecule has 1 amide bonds. The van der Waals surface area contributed by atoms with Crippen molar-refractivity contribution < 1.29 is 9.53 Å². The topological polar surface area (TPSA) is 90.3 Å². The summed E-state index contributed by atoms with van der Waals surface area (Å²) in [6.07, 6.45) is 3.78. The minimum absolute atomic E-state index is 0.0179. The number of carbonyl (C=O) groups excluding carboxylic acids is 1. The van der Waals surface area contributed by atoms with Gasteiger partial charge in [-0.2, -0.15) is 0 Å². The molecule has 0 aliphatic carbocycles. The average molecular weight is 486 g/mol. The van der Waals surface area contributed by atoms with E-state index < -0.39 is 0 Å². The highest BCUT2D eigenvalue weighted by atomic mass is 16.5. The quantitative estimate of drug-likeness (QED) is 0.374. The standard InChI is InChI=1S/C29H35N5O2/c1-6-19-13-20(8-10-25(19)28(35)33-22-17-34(18-22)29(2,3)4)27-15-24(11-12-32-27)36-23-9-7-21(16-30)26(14-23)31-5/h7-16,22,30-31H,6,17-18H2,1-5H3,(H,33,35). The third kappa shape index (κ3) is 5.57. The minimum Gasteiger partial charge on any atom is -0.457 e. The molecule has 0 radical (unpaired) electrons.